The molecule has 0 spiro atoms. The molecule has 82 valence electrons. The molecule has 1 atom stereocenters. The molecule has 1 unspecified atom stereocenters. The largest absolute Gasteiger partial charge is 0.327 e. The van der Waals surface area contributed by atoms with Gasteiger partial charge in [-0.25, -0.2) is 4.98 Å². The summed E-state index contributed by atoms with van der Waals surface area (Å²) in [6, 6.07) is 3.48. The summed E-state index contributed by atoms with van der Waals surface area (Å²) in [5.41, 5.74) is 6.35. The van der Waals surface area contributed by atoms with Crippen molar-refractivity contribution < 1.29 is 4.79 Å². The lowest BCUT2D eigenvalue weighted by Gasteiger charge is -2.08. The SMILES string of the molecule is CCC(N)CC(=O)Nc1ccc(Br)nc1. The predicted molar refractivity (Wildman–Crippen MR) is 63.5 cm³/mol. The molecule has 0 saturated heterocycles. The number of halogens is 1. The molecule has 0 bridgehead atoms. The summed E-state index contributed by atoms with van der Waals surface area (Å²) < 4.78 is 0.741. The van der Waals surface area contributed by atoms with E-state index in [2.05, 4.69) is 26.2 Å². The molecule has 0 aliphatic carbocycles. The van der Waals surface area contributed by atoms with E-state index in [4.69, 9.17) is 5.73 Å². The van der Waals surface area contributed by atoms with Gasteiger partial charge in [0.15, 0.2) is 0 Å². The van der Waals surface area contributed by atoms with Crippen LogP contribution in [0.25, 0.3) is 0 Å². The summed E-state index contributed by atoms with van der Waals surface area (Å²) in [5.74, 6) is -0.0755. The molecular weight excluding hydrogens is 258 g/mol. The Labute approximate surface area is 97.4 Å². The maximum Gasteiger partial charge on any atom is 0.225 e. The van der Waals surface area contributed by atoms with Gasteiger partial charge in [0, 0.05) is 12.5 Å². The number of hydrogen-bond acceptors (Lipinski definition) is 3. The zero-order chi connectivity index (χ0) is 11.3. The molecule has 0 aromatic carbocycles. The Bertz CT molecular complexity index is 326. The highest BCUT2D eigenvalue weighted by Gasteiger charge is 2.07. The number of nitrogens with one attached hydrogen (secondary N) is 1. The fourth-order valence-corrected chi connectivity index (χ4v) is 1.28. The van der Waals surface area contributed by atoms with Gasteiger partial charge in [-0.2, -0.15) is 0 Å². The van der Waals surface area contributed by atoms with Gasteiger partial charge in [-0.3, -0.25) is 4.79 Å². The quantitative estimate of drug-likeness (QED) is 0.823. The highest BCUT2D eigenvalue weighted by molar-refractivity contribution is 9.10. The van der Waals surface area contributed by atoms with E-state index >= 15 is 0 Å². The lowest BCUT2D eigenvalue weighted by atomic mass is 10.1. The second-order valence-electron chi connectivity index (χ2n) is 3.29. The number of carbonyl (C=O) groups excluding carboxylic acids is 1. The van der Waals surface area contributed by atoms with Crippen LogP contribution in [0.4, 0.5) is 5.69 Å². The summed E-state index contributed by atoms with van der Waals surface area (Å²) in [7, 11) is 0. The molecule has 1 amide bonds. The van der Waals surface area contributed by atoms with Crippen LogP contribution in [-0.2, 0) is 4.79 Å². The second-order valence-corrected chi connectivity index (χ2v) is 4.10. The molecule has 0 saturated carbocycles. The van der Waals surface area contributed by atoms with Gasteiger partial charge in [-0.15, -0.1) is 0 Å². The third-order valence-corrected chi connectivity index (χ3v) is 2.45. The predicted octanol–water partition coefficient (Wildman–Crippen LogP) is 1.91. The molecule has 5 heteroatoms. The zero-order valence-corrected chi connectivity index (χ0v) is 10.1. The third kappa shape index (κ3) is 4.40. The van der Waals surface area contributed by atoms with E-state index < -0.39 is 0 Å². The van der Waals surface area contributed by atoms with Crippen LogP contribution >= 0.6 is 15.9 Å². The second kappa shape index (κ2) is 5.82. The highest BCUT2D eigenvalue weighted by Crippen LogP contribution is 2.10. The van der Waals surface area contributed by atoms with E-state index in [-0.39, 0.29) is 11.9 Å². The van der Waals surface area contributed by atoms with Crippen LogP contribution in [0.2, 0.25) is 0 Å². The lowest BCUT2D eigenvalue weighted by molar-refractivity contribution is -0.116. The van der Waals surface area contributed by atoms with Crippen molar-refractivity contribution in [2.75, 3.05) is 5.32 Å². The number of aromatic nitrogens is 1. The molecule has 1 rings (SSSR count). The number of nitrogens with two attached hydrogens (primary N) is 1. The van der Waals surface area contributed by atoms with Gasteiger partial charge in [0.05, 0.1) is 11.9 Å². The van der Waals surface area contributed by atoms with Crippen LogP contribution in [-0.4, -0.2) is 16.9 Å². The van der Waals surface area contributed by atoms with Crippen LogP contribution in [0.15, 0.2) is 22.9 Å². The molecule has 0 fully saturated rings. The van der Waals surface area contributed by atoms with Gasteiger partial charge in [0.2, 0.25) is 5.91 Å². The number of amides is 1. The Balaban J connectivity index is 2.48. The lowest BCUT2D eigenvalue weighted by Crippen LogP contribution is -2.26. The van der Waals surface area contributed by atoms with E-state index in [0.29, 0.717) is 12.1 Å². The molecule has 4 nitrogen and oxygen atoms in total. The van der Waals surface area contributed by atoms with Crippen LogP contribution in [0.5, 0.6) is 0 Å². The molecule has 0 radical (unpaired) electrons. The summed E-state index contributed by atoms with van der Waals surface area (Å²) in [5, 5.41) is 2.73. The minimum Gasteiger partial charge on any atom is -0.327 e. The van der Waals surface area contributed by atoms with E-state index in [1.165, 1.54) is 0 Å². The first-order valence-electron chi connectivity index (χ1n) is 4.78. The summed E-state index contributed by atoms with van der Waals surface area (Å²) in [6.45, 7) is 1.96. The van der Waals surface area contributed by atoms with Gasteiger partial charge < -0.3 is 11.1 Å². The van der Waals surface area contributed by atoms with Crippen molar-refractivity contribution in [1.82, 2.24) is 4.98 Å². The van der Waals surface area contributed by atoms with Gasteiger partial charge in [-0.1, -0.05) is 6.92 Å². The van der Waals surface area contributed by atoms with E-state index in [9.17, 15) is 4.79 Å². The smallest absolute Gasteiger partial charge is 0.225 e. The fourth-order valence-electron chi connectivity index (χ4n) is 1.04. The highest BCUT2D eigenvalue weighted by atomic mass is 79.9. The first kappa shape index (κ1) is 12.1. The minimum atomic E-state index is -0.0755. The van der Waals surface area contributed by atoms with Gasteiger partial charge in [0.25, 0.3) is 0 Å². The summed E-state index contributed by atoms with van der Waals surface area (Å²) >= 11 is 3.22. The number of nitrogens with zero attached hydrogens (tertiary/aromatic N) is 1. The van der Waals surface area contributed by atoms with Gasteiger partial charge in [-0.05, 0) is 34.5 Å². The molecule has 1 aromatic heterocycles. The van der Waals surface area contributed by atoms with Crippen LogP contribution in [0.1, 0.15) is 19.8 Å². The monoisotopic (exact) mass is 271 g/mol. The molecule has 15 heavy (non-hydrogen) atoms. The molecule has 0 aliphatic heterocycles. The normalized spacial score (nSPS) is 12.2. The number of hydrogen-bond donors (Lipinski definition) is 2. The maximum atomic E-state index is 11.4. The number of anilines is 1. The molecule has 1 heterocycles. The topological polar surface area (TPSA) is 68.0 Å². The van der Waals surface area contributed by atoms with Crippen molar-refractivity contribution in [3.8, 4) is 0 Å². The average Bonchev–Trinajstić information content (AvgIpc) is 2.21. The van der Waals surface area contributed by atoms with Crippen molar-refractivity contribution in [2.24, 2.45) is 5.73 Å². The van der Waals surface area contributed by atoms with Crippen molar-refractivity contribution in [3.05, 3.63) is 22.9 Å². The van der Waals surface area contributed by atoms with Crippen LogP contribution in [0.3, 0.4) is 0 Å². The Morgan fingerprint density at radius 2 is 2.40 bits per heavy atom. The van der Waals surface area contributed by atoms with Crippen molar-refractivity contribution in [3.63, 3.8) is 0 Å². The molecule has 0 aliphatic rings. The average molecular weight is 272 g/mol. The maximum absolute atomic E-state index is 11.4. The summed E-state index contributed by atoms with van der Waals surface area (Å²) in [6.07, 6.45) is 2.73. The first-order valence-corrected chi connectivity index (χ1v) is 5.58. The van der Waals surface area contributed by atoms with Crippen LogP contribution < -0.4 is 11.1 Å². The number of rotatable bonds is 4. The first-order chi connectivity index (χ1) is 7.11. The Hall–Kier alpha value is -0.940. The Kier molecular flexibility index (Phi) is 4.71. The van der Waals surface area contributed by atoms with E-state index in [1.54, 1.807) is 18.3 Å². The van der Waals surface area contributed by atoms with Crippen molar-refractivity contribution in [1.29, 1.82) is 0 Å². The van der Waals surface area contributed by atoms with E-state index in [1.807, 2.05) is 6.92 Å². The molecule has 3 N–H and O–H groups in total. The third-order valence-electron chi connectivity index (χ3n) is 1.98. The number of pyridine rings is 1. The van der Waals surface area contributed by atoms with Gasteiger partial charge in [0.1, 0.15) is 4.60 Å². The van der Waals surface area contributed by atoms with Crippen LogP contribution in [0, 0.1) is 0 Å². The standard InChI is InChI=1S/C10H14BrN3O/c1-2-7(12)5-10(15)14-8-3-4-9(11)13-6-8/h3-4,6-7H,2,5,12H2,1H3,(H,14,15). The zero-order valence-electron chi connectivity index (χ0n) is 8.53. The summed E-state index contributed by atoms with van der Waals surface area (Å²) in [4.78, 5) is 15.4. The fraction of sp³-hybridized carbons (Fsp3) is 0.400. The molecular formula is C10H14BrN3O. The van der Waals surface area contributed by atoms with Gasteiger partial charge >= 0.3 is 0 Å². The Morgan fingerprint density at radius 3 is 2.93 bits per heavy atom. The van der Waals surface area contributed by atoms with Crippen molar-refractivity contribution >= 4 is 27.5 Å². The number of carbonyl (C=O) groups is 1. The Morgan fingerprint density at radius 1 is 1.67 bits per heavy atom. The minimum absolute atomic E-state index is 0.0755. The van der Waals surface area contributed by atoms with E-state index in [0.717, 1.165) is 11.0 Å². The van der Waals surface area contributed by atoms with Crippen molar-refractivity contribution in [2.45, 2.75) is 25.8 Å². The molecule has 1 aromatic rings.